The number of hydrogen-bond donors (Lipinski definition) is 0. The molecule has 5 fully saturated rings. The molecular weight excluding hydrogens is 518 g/mol. The van der Waals surface area contributed by atoms with E-state index >= 15 is 0 Å². The molecule has 6 heteroatoms. The van der Waals surface area contributed by atoms with Crippen LogP contribution >= 0.6 is 0 Å². The highest BCUT2D eigenvalue weighted by molar-refractivity contribution is 7.93. The van der Waals surface area contributed by atoms with Gasteiger partial charge in [-0.25, -0.2) is 8.42 Å². The van der Waals surface area contributed by atoms with Crippen molar-refractivity contribution < 1.29 is 17.9 Å². The summed E-state index contributed by atoms with van der Waals surface area (Å²) in [7, 11) is -0.0913. The highest BCUT2D eigenvalue weighted by Gasteiger charge is 3.08. The molecule has 5 saturated carbocycles. The van der Waals surface area contributed by atoms with E-state index in [4.69, 9.17) is 9.47 Å². The monoisotopic (exact) mass is 549 g/mol. The van der Waals surface area contributed by atoms with Crippen LogP contribution in [0.3, 0.4) is 0 Å². The minimum Gasteiger partial charge on any atom is -0.497 e. The van der Waals surface area contributed by atoms with Crippen LogP contribution in [0.1, 0.15) is 17.5 Å². The zero-order valence-electron chi connectivity index (χ0n) is 22.7. The van der Waals surface area contributed by atoms with Gasteiger partial charge >= 0.3 is 0 Å². The lowest BCUT2D eigenvalue weighted by Gasteiger charge is -2.37. The summed E-state index contributed by atoms with van der Waals surface area (Å²) in [6, 6.07) is 32.1. The van der Waals surface area contributed by atoms with Crippen molar-refractivity contribution in [3.05, 3.63) is 108 Å². The Morgan fingerprint density at radius 3 is 1.62 bits per heavy atom. The van der Waals surface area contributed by atoms with Gasteiger partial charge in [-0.2, -0.15) is 0 Å². The average Bonchev–Trinajstić information content (AvgIpc) is 3.64. The van der Waals surface area contributed by atoms with Crippen molar-refractivity contribution in [2.45, 2.75) is 28.4 Å². The van der Waals surface area contributed by atoms with Crippen LogP contribution in [0.25, 0.3) is 0 Å². The van der Waals surface area contributed by atoms with Gasteiger partial charge in [0.1, 0.15) is 11.5 Å². The predicted molar refractivity (Wildman–Crippen MR) is 156 cm³/mol. The minimum atomic E-state index is -3.43. The van der Waals surface area contributed by atoms with E-state index in [1.807, 2.05) is 67.6 Å². The van der Waals surface area contributed by atoms with Gasteiger partial charge in [-0.15, -0.1) is 0 Å². The van der Waals surface area contributed by atoms with E-state index in [9.17, 15) is 8.42 Å². The Labute approximate surface area is 235 Å². The van der Waals surface area contributed by atoms with Gasteiger partial charge in [0.25, 0.3) is 0 Å². The molecule has 40 heavy (non-hydrogen) atoms. The van der Waals surface area contributed by atoms with E-state index < -0.39 is 14.6 Å². The van der Waals surface area contributed by atoms with Gasteiger partial charge in [0.2, 0.25) is 0 Å². The number of hydrogen-bond acceptors (Lipinski definition) is 5. The molecule has 0 aromatic heterocycles. The zero-order valence-corrected chi connectivity index (χ0v) is 23.6. The molecule has 0 aliphatic heterocycles. The number of sulfone groups is 1. The van der Waals surface area contributed by atoms with Crippen molar-refractivity contribution in [2.24, 2.45) is 23.7 Å². The molecule has 5 aliphatic rings. The molecule has 5 aliphatic carbocycles. The van der Waals surface area contributed by atoms with Gasteiger partial charge in [-0.3, -0.25) is 0 Å². The summed E-state index contributed by atoms with van der Waals surface area (Å²) in [4.78, 5) is 2.68. The minimum absolute atomic E-state index is 0.227. The molecule has 6 atom stereocenters. The van der Waals surface area contributed by atoms with Crippen LogP contribution in [0, 0.1) is 30.6 Å². The van der Waals surface area contributed by atoms with Crippen LogP contribution in [-0.4, -0.2) is 27.4 Å². The Morgan fingerprint density at radius 2 is 1.18 bits per heavy atom. The number of rotatable bonds is 8. The Balaban J connectivity index is 1.18. The zero-order chi connectivity index (χ0) is 27.4. The van der Waals surface area contributed by atoms with Crippen LogP contribution in [0.4, 0.5) is 17.1 Å². The van der Waals surface area contributed by atoms with Crippen molar-refractivity contribution in [1.82, 2.24) is 0 Å². The number of methoxy groups -OCH3 is 2. The molecule has 9 rings (SSSR count). The molecule has 202 valence electrons. The van der Waals surface area contributed by atoms with Crippen LogP contribution in [0.2, 0.25) is 0 Å². The van der Waals surface area contributed by atoms with Gasteiger partial charge in [0, 0.05) is 22.5 Å². The Bertz CT molecular complexity index is 1670. The van der Waals surface area contributed by atoms with Crippen molar-refractivity contribution in [3.63, 3.8) is 0 Å². The number of nitrogens with zero attached hydrogens (tertiary/aromatic N) is 1. The number of aryl methyl sites for hydroxylation is 1. The van der Waals surface area contributed by atoms with E-state index in [1.165, 1.54) is 5.56 Å². The Hall–Kier alpha value is -3.77. The lowest BCUT2D eigenvalue weighted by Crippen LogP contribution is -2.47. The molecule has 0 radical (unpaired) electrons. The predicted octanol–water partition coefficient (Wildman–Crippen LogP) is 6.84. The van der Waals surface area contributed by atoms with Gasteiger partial charge in [-0.1, -0.05) is 29.8 Å². The quantitative estimate of drug-likeness (QED) is 0.241. The standard InChI is InChI=1S/C34H31NO4S/c1-21-4-18-28(19-5-21)40(36,37)34-30-20-29-31(32(30)34)33(29,34)22-6-8-23(9-7-22)35(24-10-14-26(38-2)15-11-24)25-12-16-27(39-3)17-13-25/h4-19,29-32H,20H2,1-3H3. The number of benzene rings is 4. The first-order valence-corrected chi connectivity index (χ1v) is 15.4. The fourth-order valence-electron chi connectivity index (χ4n) is 8.91. The third-order valence-electron chi connectivity index (χ3n) is 10.4. The van der Waals surface area contributed by atoms with Crippen LogP contribution in [0.15, 0.2) is 102 Å². The van der Waals surface area contributed by atoms with Crippen LogP contribution in [-0.2, 0) is 15.3 Å². The maximum Gasteiger partial charge on any atom is 0.185 e. The summed E-state index contributed by atoms with van der Waals surface area (Å²) in [5, 5.41) is 0. The second-order valence-electron chi connectivity index (χ2n) is 11.8. The SMILES string of the molecule is COc1ccc(N(c2ccc(OC)cc2)c2ccc(C34C5CC6C(C53)C64S(=O)(=O)c3ccc(C)cc3)cc2)cc1. The molecular formula is C34H31NO4S. The second kappa shape index (κ2) is 7.91. The van der Waals surface area contributed by atoms with Crippen LogP contribution < -0.4 is 14.4 Å². The smallest absolute Gasteiger partial charge is 0.185 e. The summed E-state index contributed by atoms with van der Waals surface area (Å²) in [6.45, 7) is 2.00. The summed E-state index contributed by atoms with van der Waals surface area (Å²) in [6.07, 6.45) is 1.05. The molecule has 6 unspecified atom stereocenters. The summed E-state index contributed by atoms with van der Waals surface area (Å²) >= 11 is 0. The summed E-state index contributed by atoms with van der Waals surface area (Å²) in [5.41, 5.74) is 5.06. The maximum absolute atomic E-state index is 14.2. The lowest BCUT2D eigenvalue weighted by atomic mass is 9.78. The van der Waals surface area contributed by atoms with E-state index in [-0.39, 0.29) is 5.41 Å². The fraction of sp³-hybridized carbons (Fsp3) is 0.294. The van der Waals surface area contributed by atoms with E-state index in [0.29, 0.717) is 28.6 Å². The third-order valence-corrected chi connectivity index (χ3v) is 13.1. The molecule has 4 aromatic carbocycles. The van der Waals surface area contributed by atoms with Crippen molar-refractivity contribution in [2.75, 3.05) is 19.1 Å². The molecule has 0 spiro atoms. The molecule has 5 nitrogen and oxygen atoms in total. The van der Waals surface area contributed by atoms with E-state index in [1.54, 1.807) is 26.4 Å². The summed E-state index contributed by atoms with van der Waals surface area (Å²) in [5.74, 6) is 3.25. The molecule has 2 bridgehead atoms. The second-order valence-corrected chi connectivity index (χ2v) is 13.9. The maximum atomic E-state index is 14.2. The first kappa shape index (κ1) is 24.1. The Kier molecular flexibility index (Phi) is 4.76. The third kappa shape index (κ3) is 2.70. The first-order valence-electron chi connectivity index (χ1n) is 13.9. The number of anilines is 3. The van der Waals surface area contributed by atoms with Crippen molar-refractivity contribution in [3.8, 4) is 11.5 Å². The van der Waals surface area contributed by atoms with Crippen molar-refractivity contribution >= 4 is 26.9 Å². The van der Waals surface area contributed by atoms with Crippen molar-refractivity contribution in [1.29, 1.82) is 0 Å². The molecule has 0 amide bonds. The molecule has 4 aromatic rings. The highest BCUT2D eigenvalue weighted by Crippen LogP contribution is 3.02. The van der Waals surface area contributed by atoms with E-state index in [2.05, 4.69) is 29.2 Å². The molecule has 0 heterocycles. The topological polar surface area (TPSA) is 55.8 Å². The highest BCUT2D eigenvalue weighted by atomic mass is 32.2. The fourth-order valence-corrected chi connectivity index (χ4v) is 11.9. The Morgan fingerprint density at radius 1 is 0.675 bits per heavy atom. The average molecular weight is 550 g/mol. The first-order chi connectivity index (χ1) is 19.4. The van der Waals surface area contributed by atoms with Gasteiger partial charge in [-0.05, 0) is 115 Å². The largest absolute Gasteiger partial charge is 0.497 e. The molecule has 0 N–H and O–H groups in total. The number of ether oxygens (including phenoxy) is 2. The summed E-state index contributed by atoms with van der Waals surface area (Å²) < 4.78 is 38.5. The van der Waals surface area contributed by atoms with Gasteiger partial charge in [0.05, 0.1) is 23.9 Å². The normalized spacial score (nSPS) is 30.2. The molecule has 0 saturated heterocycles. The van der Waals surface area contributed by atoms with Gasteiger partial charge < -0.3 is 14.4 Å². The van der Waals surface area contributed by atoms with Gasteiger partial charge in [0.15, 0.2) is 9.84 Å². The lowest BCUT2D eigenvalue weighted by molar-refractivity contribution is 0.379. The van der Waals surface area contributed by atoms with E-state index in [0.717, 1.165) is 40.5 Å². The van der Waals surface area contributed by atoms with Crippen LogP contribution in [0.5, 0.6) is 11.5 Å².